The molecule has 0 amide bonds. The predicted octanol–water partition coefficient (Wildman–Crippen LogP) is 0.822. The van der Waals surface area contributed by atoms with E-state index in [0.717, 1.165) is 23.8 Å². The van der Waals surface area contributed by atoms with Gasteiger partial charge in [0, 0.05) is 6.54 Å². The molecule has 0 N–H and O–H groups in total. The van der Waals surface area contributed by atoms with Crippen molar-refractivity contribution in [3.05, 3.63) is 17.6 Å². The molecular formula is C11H14N4O. The lowest BCUT2D eigenvalue weighted by molar-refractivity contribution is 0.0761. The summed E-state index contributed by atoms with van der Waals surface area (Å²) < 4.78 is 5.28. The fourth-order valence-electron chi connectivity index (χ4n) is 1.62. The number of aryl methyl sites for hydroxylation is 2. The first-order valence-corrected chi connectivity index (χ1v) is 5.27. The van der Waals surface area contributed by atoms with Crippen LogP contribution in [0.15, 0.2) is 6.20 Å². The second-order valence-corrected chi connectivity index (χ2v) is 3.83. The van der Waals surface area contributed by atoms with E-state index in [4.69, 9.17) is 10.00 Å². The Hall–Kier alpha value is -1.67. The Morgan fingerprint density at radius 1 is 1.50 bits per heavy atom. The smallest absolute Gasteiger partial charge is 0.161 e. The van der Waals surface area contributed by atoms with Gasteiger partial charge in [0.15, 0.2) is 6.10 Å². The lowest BCUT2D eigenvalue weighted by atomic mass is 10.3. The molecular weight excluding hydrogens is 204 g/mol. The highest BCUT2D eigenvalue weighted by Crippen LogP contribution is 2.15. The first kappa shape index (κ1) is 10.8. The van der Waals surface area contributed by atoms with E-state index >= 15 is 0 Å². The summed E-state index contributed by atoms with van der Waals surface area (Å²) in [5.74, 6) is 0.826. The van der Waals surface area contributed by atoms with Crippen molar-refractivity contribution in [3.8, 4) is 6.07 Å². The van der Waals surface area contributed by atoms with Gasteiger partial charge in [-0.2, -0.15) is 5.26 Å². The zero-order chi connectivity index (χ0) is 11.5. The van der Waals surface area contributed by atoms with Gasteiger partial charge in [0.05, 0.1) is 36.8 Å². The van der Waals surface area contributed by atoms with Crippen LogP contribution in [0.2, 0.25) is 0 Å². The Labute approximate surface area is 94.7 Å². The molecule has 1 aromatic heterocycles. The summed E-state index contributed by atoms with van der Waals surface area (Å²) in [6.45, 7) is 5.76. The summed E-state index contributed by atoms with van der Waals surface area (Å²) in [5, 5.41) is 8.82. The van der Waals surface area contributed by atoms with E-state index in [-0.39, 0.29) is 6.10 Å². The first-order valence-electron chi connectivity index (χ1n) is 5.27. The number of anilines is 1. The first-order chi connectivity index (χ1) is 7.70. The second kappa shape index (κ2) is 4.45. The molecule has 2 heterocycles. The number of rotatable bonds is 1. The standard InChI is InChI=1S/C11H14N4O/c1-8-9(2)14-11(6-13-8)15-3-4-16-10(5-12)7-15/h6,10H,3-4,7H2,1-2H3. The highest BCUT2D eigenvalue weighted by Gasteiger charge is 2.21. The van der Waals surface area contributed by atoms with Crippen molar-refractivity contribution in [1.82, 2.24) is 9.97 Å². The minimum atomic E-state index is -0.364. The van der Waals surface area contributed by atoms with Crippen LogP contribution in [-0.4, -0.2) is 35.8 Å². The predicted molar refractivity (Wildman–Crippen MR) is 59.1 cm³/mol. The Morgan fingerprint density at radius 2 is 2.31 bits per heavy atom. The van der Waals surface area contributed by atoms with Gasteiger partial charge in [-0.1, -0.05) is 0 Å². The van der Waals surface area contributed by atoms with Crippen molar-refractivity contribution in [3.63, 3.8) is 0 Å². The molecule has 0 bridgehead atoms. The third-order valence-electron chi connectivity index (χ3n) is 2.71. The molecule has 84 valence electrons. The number of nitrogens with zero attached hydrogens (tertiary/aromatic N) is 4. The molecule has 1 unspecified atom stereocenters. The minimum Gasteiger partial charge on any atom is -0.360 e. The lowest BCUT2D eigenvalue weighted by Crippen LogP contribution is -2.42. The average molecular weight is 218 g/mol. The summed E-state index contributed by atoms with van der Waals surface area (Å²) in [6.07, 6.45) is 1.39. The summed E-state index contributed by atoms with van der Waals surface area (Å²) in [6, 6.07) is 2.12. The molecule has 1 saturated heterocycles. The van der Waals surface area contributed by atoms with Gasteiger partial charge in [-0.15, -0.1) is 0 Å². The van der Waals surface area contributed by atoms with Crippen molar-refractivity contribution in [2.45, 2.75) is 20.0 Å². The van der Waals surface area contributed by atoms with Gasteiger partial charge in [0.2, 0.25) is 0 Å². The van der Waals surface area contributed by atoms with Crippen molar-refractivity contribution in [2.24, 2.45) is 0 Å². The Kier molecular flexibility index (Phi) is 3.02. The van der Waals surface area contributed by atoms with Gasteiger partial charge in [-0.25, -0.2) is 4.98 Å². The van der Waals surface area contributed by atoms with Gasteiger partial charge >= 0.3 is 0 Å². The number of aromatic nitrogens is 2. The molecule has 1 aliphatic heterocycles. The molecule has 0 radical (unpaired) electrons. The highest BCUT2D eigenvalue weighted by molar-refractivity contribution is 5.38. The summed E-state index contributed by atoms with van der Waals surface area (Å²) in [5.41, 5.74) is 1.87. The van der Waals surface area contributed by atoms with Gasteiger partial charge in [-0.05, 0) is 13.8 Å². The monoisotopic (exact) mass is 218 g/mol. The Bertz CT molecular complexity index is 426. The number of hydrogen-bond donors (Lipinski definition) is 0. The summed E-state index contributed by atoms with van der Waals surface area (Å²) in [7, 11) is 0. The van der Waals surface area contributed by atoms with Crippen LogP contribution in [0.3, 0.4) is 0 Å². The van der Waals surface area contributed by atoms with Crippen LogP contribution < -0.4 is 4.90 Å². The number of morpholine rings is 1. The maximum atomic E-state index is 8.82. The van der Waals surface area contributed by atoms with Gasteiger partial charge < -0.3 is 9.64 Å². The molecule has 0 aromatic carbocycles. The summed E-state index contributed by atoms with van der Waals surface area (Å²) in [4.78, 5) is 10.8. The molecule has 0 aliphatic carbocycles. The van der Waals surface area contributed by atoms with E-state index in [1.165, 1.54) is 0 Å². The third kappa shape index (κ3) is 2.12. The fourth-order valence-corrected chi connectivity index (χ4v) is 1.62. The molecule has 5 heteroatoms. The second-order valence-electron chi connectivity index (χ2n) is 3.83. The quantitative estimate of drug-likeness (QED) is 0.698. The molecule has 0 spiro atoms. The number of hydrogen-bond acceptors (Lipinski definition) is 5. The van der Waals surface area contributed by atoms with Gasteiger partial charge in [-0.3, -0.25) is 4.98 Å². The zero-order valence-electron chi connectivity index (χ0n) is 9.47. The normalized spacial score (nSPS) is 20.6. The molecule has 1 fully saturated rings. The van der Waals surface area contributed by atoms with Crippen molar-refractivity contribution in [1.29, 1.82) is 5.26 Å². The largest absolute Gasteiger partial charge is 0.360 e. The van der Waals surface area contributed by atoms with Crippen LogP contribution in [0.25, 0.3) is 0 Å². The van der Waals surface area contributed by atoms with Crippen molar-refractivity contribution in [2.75, 3.05) is 24.6 Å². The van der Waals surface area contributed by atoms with E-state index in [1.807, 2.05) is 18.7 Å². The van der Waals surface area contributed by atoms with Gasteiger partial charge in [0.1, 0.15) is 5.82 Å². The van der Waals surface area contributed by atoms with E-state index in [2.05, 4.69) is 16.0 Å². The molecule has 5 nitrogen and oxygen atoms in total. The summed E-state index contributed by atoms with van der Waals surface area (Å²) >= 11 is 0. The van der Waals surface area contributed by atoms with Crippen LogP contribution in [0.1, 0.15) is 11.4 Å². The van der Waals surface area contributed by atoms with Crippen molar-refractivity contribution >= 4 is 5.82 Å². The molecule has 2 rings (SSSR count). The molecule has 1 aromatic rings. The van der Waals surface area contributed by atoms with E-state index in [0.29, 0.717) is 13.2 Å². The lowest BCUT2D eigenvalue weighted by Gasteiger charge is -2.30. The van der Waals surface area contributed by atoms with Crippen LogP contribution in [0.5, 0.6) is 0 Å². The van der Waals surface area contributed by atoms with Crippen LogP contribution in [0, 0.1) is 25.2 Å². The van der Waals surface area contributed by atoms with Crippen LogP contribution >= 0.6 is 0 Å². The Balaban J connectivity index is 2.17. The number of nitriles is 1. The van der Waals surface area contributed by atoms with Gasteiger partial charge in [0.25, 0.3) is 0 Å². The fraction of sp³-hybridized carbons (Fsp3) is 0.545. The van der Waals surface area contributed by atoms with E-state index < -0.39 is 0 Å². The molecule has 16 heavy (non-hydrogen) atoms. The molecule has 1 atom stereocenters. The molecule has 0 saturated carbocycles. The van der Waals surface area contributed by atoms with E-state index in [9.17, 15) is 0 Å². The Morgan fingerprint density at radius 3 is 3.00 bits per heavy atom. The maximum Gasteiger partial charge on any atom is 0.161 e. The van der Waals surface area contributed by atoms with Crippen LogP contribution in [0.4, 0.5) is 5.82 Å². The van der Waals surface area contributed by atoms with E-state index in [1.54, 1.807) is 6.20 Å². The SMILES string of the molecule is Cc1ncc(N2CCOC(C#N)C2)nc1C. The maximum absolute atomic E-state index is 8.82. The van der Waals surface area contributed by atoms with Crippen molar-refractivity contribution < 1.29 is 4.74 Å². The minimum absolute atomic E-state index is 0.364. The molecule has 1 aliphatic rings. The average Bonchev–Trinajstić information content (AvgIpc) is 2.33. The third-order valence-corrected chi connectivity index (χ3v) is 2.71. The van der Waals surface area contributed by atoms with Crippen LogP contribution in [-0.2, 0) is 4.74 Å². The number of ether oxygens (including phenoxy) is 1. The zero-order valence-corrected chi connectivity index (χ0v) is 9.47. The topological polar surface area (TPSA) is 62.0 Å². The highest BCUT2D eigenvalue weighted by atomic mass is 16.5.